The summed E-state index contributed by atoms with van der Waals surface area (Å²) in [6.45, 7) is 0. The molecule has 3 heteroatoms. The summed E-state index contributed by atoms with van der Waals surface area (Å²) in [5, 5.41) is 0. The highest BCUT2D eigenvalue weighted by molar-refractivity contribution is 5.76. The van der Waals surface area contributed by atoms with Gasteiger partial charge in [-0.25, -0.2) is 9.37 Å². The number of halogens is 1. The summed E-state index contributed by atoms with van der Waals surface area (Å²) >= 11 is 0. The molecular formula is C25H18FNO. The van der Waals surface area contributed by atoms with Crippen LogP contribution in [0.15, 0.2) is 91.0 Å². The lowest BCUT2D eigenvalue weighted by Gasteiger charge is -2.11. The van der Waals surface area contributed by atoms with Crippen molar-refractivity contribution in [1.29, 1.82) is 0 Å². The van der Waals surface area contributed by atoms with Crippen LogP contribution in [0, 0.1) is 5.82 Å². The number of hydrogen-bond acceptors (Lipinski definition) is 2. The van der Waals surface area contributed by atoms with E-state index >= 15 is 0 Å². The fourth-order valence-corrected chi connectivity index (χ4v) is 3.75. The molecule has 4 aromatic rings. The Hall–Kier alpha value is -3.46. The SMILES string of the molecule is Fc1ccccc1C1Cc2c(-c3ccccc3)cc(-c3ccccc3)nc2O1. The Morgan fingerprint density at radius 3 is 2.14 bits per heavy atom. The van der Waals surface area contributed by atoms with Gasteiger partial charge in [0, 0.05) is 23.1 Å². The smallest absolute Gasteiger partial charge is 0.218 e. The van der Waals surface area contributed by atoms with Crippen LogP contribution in [0.4, 0.5) is 4.39 Å². The lowest BCUT2D eigenvalue weighted by molar-refractivity contribution is 0.225. The molecule has 0 fully saturated rings. The van der Waals surface area contributed by atoms with E-state index in [-0.39, 0.29) is 11.9 Å². The first-order valence-electron chi connectivity index (χ1n) is 9.35. The van der Waals surface area contributed by atoms with Gasteiger partial charge in [0.2, 0.25) is 5.88 Å². The third-order valence-electron chi connectivity index (χ3n) is 5.14. The molecule has 2 nitrogen and oxygen atoms in total. The second-order valence-corrected chi connectivity index (χ2v) is 6.90. The molecule has 0 bridgehead atoms. The van der Waals surface area contributed by atoms with Gasteiger partial charge in [0.15, 0.2) is 0 Å². The van der Waals surface area contributed by atoms with Crippen LogP contribution in [0.3, 0.4) is 0 Å². The van der Waals surface area contributed by atoms with E-state index in [2.05, 4.69) is 18.2 Å². The molecule has 28 heavy (non-hydrogen) atoms. The van der Waals surface area contributed by atoms with Crippen molar-refractivity contribution in [2.75, 3.05) is 0 Å². The van der Waals surface area contributed by atoms with Crippen molar-refractivity contribution in [3.8, 4) is 28.3 Å². The molecule has 2 heterocycles. The highest BCUT2D eigenvalue weighted by Crippen LogP contribution is 2.43. The van der Waals surface area contributed by atoms with E-state index < -0.39 is 0 Å². The Morgan fingerprint density at radius 2 is 1.43 bits per heavy atom. The van der Waals surface area contributed by atoms with Gasteiger partial charge in [-0.05, 0) is 23.3 Å². The van der Waals surface area contributed by atoms with E-state index in [0.717, 1.165) is 27.9 Å². The molecule has 0 aliphatic carbocycles. The Bertz CT molecular complexity index is 1130. The first-order valence-corrected chi connectivity index (χ1v) is 9.35. The van der Waals surface area contributed by atoms with Gasteiger partial charge >= 0.3 is 0 Å². The number of hydrogen-bond donors (Lipinski definition) is 0. The normalized spacial score (nSPS) is 15.1. The van der Waals surface area contributed by atoms with Gasteiger partial charge in [-0.3, -0.25) is 0 Å². The molecule has 1 unspecified atom stereocenters. The van der Waals surface area contributed by atoms with Crippen LogP contribution < -0.4 is 4.74 Å². The highest BCUT2D eigenvalue weighted by atomic mass is 19.1. The monoisotopic (exact) mass is 367 g/mol. The van der Waals surface area contributed by atoms with Crippen molar-refractivity contribution in [3.63, 3.8) is 0 Å². The van der Waals surface area contributed by atoms with E-state index in [9.17, 15) is 4.39 Å². The average molecular weight is 367 g/mol. The second-order valence-electron chi connectivity index (χ2n) is 6.90. The molecule has 0 radical (unpaired) electrons. The van der Waals surface area contributed by atoms with Crippen molar-refractivity contribution in [1.82, 2.24) is 4.98 Å². The predicted molar refractivity (Wildman–Crippen MR) is 109 cm³/mol. The Labute approximate surface area is 163 Å². The topological polar surface area (TPSA) is 22.1 Å². The molecule has 0 spiro atoms. The van der Waals surface area contributed by atoms with Crippen LogP contribution in [-0.2, 0) is 6.42 Å². The van der Waals surface area contributed by atoms with E-state index in [1.165, 1.54) is 6.07 Å². The first-order chi connectivity index (χ1) is 13.8. The number of nitrogens with zero attached hydrogens (tertiary/aromatic N) is 1. The van der Waals surface area contributed by atoms with Crippen LogP contribution >= 0.6 is 0 Å². The van der Waals surface area contributed by atoms with Crippen molar-refractivity contribution in [3.05, 3.63) is 108 Å². The molecule has 1 atom stereocenters. The van der Waals surface area contributed by atoms with Crippen molar-refractivity contribution >= 4 is 0 Å². The zero-order valence-electron chi connectivity index (χ0n) is 15.2. The minimum atomic E-state index is -0.364. The largest absolute Gasteiger partial charge is 0.469 e. The van der Waals surface area contributed by atoms with Crippen LogP contribution in [0.2, 0.25) is 0 Å². The van der Waals surface area contributed by atoms with Gasteiger partial charge in [0.1, 0.15) is 11.9 Å². The third-order valence-corrected chi connectivity index (χ3v) is 5.14. The number of fused-ring (bicyclic) bond motifs is 1. The average Bonchev–Trinajstić information content (AvgIpc) is 3.18. The fraction of sp³-hybridized carbons (Fsp3) is 0.0800. The maximum atomic E-state index is 14.3. The van der Waals surface area contributed by atoms with Gasteiger partial charge in [-0.2, -0.15) is 0 Å². The quantitative estimate of drug-likeness (QED) is 0.428. The molecule has 0 N–H and O–H groups in total. The molecule has 1 aliphatic rings. The van der Waals surface area contributed by atoms with Crippen molar-refractivity contribution in [2.24, 2.45) is 0 Å². The zero-order chi connectivity index (χ0) is 18.9. The fourth-order valence-electron chi connectivity index (χ4n) is 3.75. The predicted octanol–water partition coefficient (Wildman–Crippen LogP) is 6.23. The van der Waals surface area contributed by atoms with Crippen molar-refractivity contribution in [2.45, 2.75) is 12.5 Å². The van der Waals surface area contributed by atoms with E-state index in [0.29, 0.717) is 17.9 Å². The summed E-state index contributed by atoms with van der Waals surface area (Å²) in [6, 6.07) is 29.2. The van der Waals surface area contributed by atoms with Crippen LogP contribution in [-0.4, -0.2) is 4.98 Å². The first kappa shape index (κ1) is 16.7. The molecular weight excluding hydrogens is 349 g/mol. The van der Waals surface area contributed by atoms with E-state index in [1.54, 1.807) is 12.1 Å². The third kappa shape index (κ3) is 2.95. The standard InChI is InChI=1S/C25H18FNO/c26-22-14-8-7-13-19(22)24-16-21-20(17-9-3-1-4-10-17)15-23(27-25(21)28-24)18-11-5-2-6-12-18/h1-15,24H,16H2. The second kappa shape index (κ2) is 6.93. The zero-order valence-corrected chi connectivity index (χ0v) is 15.2. The summed E-state index contributed by atoms with van der Waals surface area (Å²) in [7, 11) is 0. The Kier molecular flexibility index (Phi) is 4.13. The Morgan fingerprint density at radius 1 is 0.786 bits per heavy atom. The maximum Gasteiger partial charge on any atom is 0.218 e. The van der Waals surface area contributed by atoms with Gasteiger partial charge in [-0.1, -0.05) is 78.9 Å². The number of rotatable bonds is 3. The summed E-state index contributed by atoms with van der Waals surface area (Å²) in [4.78, 5) is 4.77. The van der Waals surface area contributed by atoms with Gasteiger partial charge in [0.25, 0.3) is 0 Å². The minimum absolute atomic E-state index is 0.246. The number of pyridine rings is 1. The number of ether oxygens (including phenoxy) is 1. The molecule has 136 valence electrons. The van der Waals surface area contributed by atoms with Crippen LogP contribution in [0.5, 0.6) is 5.88 Å². The number of benzene rings is 3. The Balaban J connectivity index is 1.65. The minimum Gasteiger partial charge on any atom is -0.469 e. The van der Waals surface area contributed by atoms with Gasteiger partial charge in [-0.15, -0.1) is 0 Å². The maximum absolute atomic E-state index is 14.3. The molecule has 5 rings (SSSR count). The van der Waals surface area contributed by atoms with E-state index in [1.807, 2.05) is 54.6 Å². The highest BCUT2D eigenvalue weighted by Gasteiger charge is 2.30. The van der Waals surface area contributed by atoms with Crippen LogP contribution in [0.25, 0.3) is 22.4 Å². The molecule has 1 aromatic heterocycles. The summed E-state index contributed by atoms with van der Waals surface area (Å²) in [5.74, 6) is 0.346. The molecule has 0 amide bonds. The lowest BCUT2D eigenvalue weighted by Crippen LogP contribution is -2.05. The summed E-state index contributed by atoms with van der Waals surface area (Å²) in [6.07, 6.45) is 0.236. The van der Waals surface area contributed by atoms with E-state index in [4.69, 9.17) is 9.72 Å². The molecule has 0 saturated heterocycles. The summed E-state index contributed by atoms with van der Waals surface area (Å²) < 4.78 is 20.5. The molecule has 0 saturated carbocycles. The van der Waals surface area contributed by atoms with Crippen LogP contribution in [0.1, 0.15) is 17.2 Å². The number of aromatic nitrogens is 1. The van der Waals surface area contributed by atoms with Crippen molar-refractivity contribution < 1.29 is 9.13 Å². The molecule has 3 aromatic carbocycles. The molecule has 1 aliphatic heterocycles. The summed E-state index contributed by atoms with van der Waals surface area (Å²) in [5.41, 5.74) is 5.67. The van der Waals surface area contributed by atoms with Gasteiger partial charge < -0.3 is 4.74 Å². The lowest BCUT2D eigenvalue weighted by atomic mass is 9.95. The van der Waals surface area contributed by atoms with Gasteiger partial charge in [0.05, 0.1) is 5.69 Å².